The van der Waals surface area contributed by atoms with Crippen LogP contribution < -0.4 is 0 Å². The van der Waals surface area contributed by atoms with Gasteiger partial charge in [-0.05, 0) is 12.1 Å². The number of nitriles is 1. The number of nitrogens with zero attached hydrogens (tertiary/aromatic N) is 4. The summed E-state index contributed by atoms with van der Waals surface area (Å²) in [4.78, 5) is 3.92. The Morgan fingerprint density at radius 3 is 3.09 bits per heavy atom. The standard InChI is InChI=1S/C7H4N4/c8-5-6-9-7-3-1-2-4-11(7)10-6/h1-4H. The quantitative estimate of drug-likeness (QED) is 0.544. The van der Waals surface area contributed by atoms with Gasteiger partial charge in [0.15, 0.2) is 5.65 Å². The van der Waals surface area contributed by atoms with Gasteiger partial charge in [-0.15, -0.1) is 5.10 Å². The molecule has 0 aromatic carbocycles. The molecule has 0 fully saturated rings. The highest BCUT2D eigenvalue weighted by Gasteiger charge is 1.98. The number of hydrogen-bond acceptors (Lipinski definition) is 3. The highest BCUT2D eigenvalue weighted by atomic mass is 15.3. The molecular formula is C7H4N4. The van der Waals surface area contributed by atoms with Crippen molar-refractivity contribution in [3.63, 3.8) is 0 Å². The molecule has 2 aromatic rings. The summed E-state index contributed by atoms with van der Waals surface area (Å²) in [6.07, 6.45) is 1.75. The molecule has 2 aromatic heterocycles. The Hall–Kier alpha value is -1.89. The maximum Gasteiger partial charge on any atom is 0.253 e. The molecule has 0 N–H and O–H groups in total. The monoisotopic (exact) mass is 144 g/mol. The molecule has 0 saturated heterocycles. The van der Waals surface area contributed by atoms with E-state index in [4.69, 9.17) is 5.26 Å². The van der Waals surface area contributed by atoms with E-state index in [1.54, 1.807) is 16.8 Å². The molecule has 0 aliphatic carbocycles. The molecule has 0 spiro atoms. The van der Waals surface area contributed by atoms with Crippen molar-refractivity contribution in [1.82, 2.24) is 14.6 Å². The van der Waals surface area contributed by atoms with E-state index < -0.39 is 0 Å². The summed E-state index contributed by atoms with van der Waals surface area (Å²) in [5.74, 6) is 0.205. The van der Waals surface area contributed by atoms with Crippen molar-refractivity contribution in [3.05, 3.63) is 30.2 Å². The average molecular weight is 144 g/mol. The smallest absolute Gasteiger partial charge is 0.220 e. The molecule has 0 aliphatic heterocycles. The first-order valence-corrected chi connectivity index (χ1v) is 3.11. The first-order chi connectivity index (χ1) is 5.40. The van der Waals surface area contributed by atoms with Gasteiger partial charge in [-0.1, -0.05) is 6.07 Å². The van der Waals surface area contributed by atoms with Crippen LogP contribution in [0.5, 0.6) is 0 Å². The number of fused-ring (bicyclic) bond motifs is 1. The molecule has 52 valence electrons. The summed E-state index contributed by atoms with van der Waals surface area (Å²) < 4.78 is 1.57. The Kier molecular flexibility index (Phi) is 1.10. The lowest BCUT2D eigenvalue weighted by Crippen LogP contribution is -1.83. The molecule has 4 heteroatoms. The van der Waals surface area contributed by atoms with Crippen LogP contribution in [-0.2, 0) is 0 Å². The van der Waals surface area contributed by atoms with Crippen molar-refractivity contribution in [3.8, 4) is 6.07 Å². The van der Waals surface area contributed by atoms with Gasteiger partial charge in [0.1, 0.15) is 6.07 Å². The van der Waals surface area contributed by atoms with Crippen LogP contribution in [0.1, 0.15) is 5.82 Å². The van der Waals surface area contributed by atoms with Crippen molar-refractivity contribution >= 4 is 5.65 Å². The Labute approximate surface area is 62.7 Å². The molecular weight excluding hydrogens is 140 g/mol. The summed E-state index contributed by atoms with van der Waals surface area (Å²) in [6.45, 7) is 0. The Morgan fingerprint density at radius 1 is 1.45 bits per heavy atom. The molecule has 0 saturated carbocycles. The van der Waals surface area contributed by atoms with Gasteiger partial charge in [0.05, 0.1) is 0 Å². The van der Waals surface area contributed by atoms with Crippen LogP contribution in [0.3, 0.4) is 0 Å². The minimum Gasteiger partial charge on any atom is -0.220 e. The normalized spacial score (nSPS) is 9.73. The molecule has 2 rings (SSSR count). The third-order valence-corrected chi connectivity index (χ3v) is 1.34. The minimum absolute atomic E-state index is 0.205. The zero-order chi connectivity index (χ0) is 7.68. The van der Waals surface area contributed by atoms with E-state index in [1.165, 1.54) is 0 Å². The van der Waals surface area contributed by atoms with E-state index in [1.807, 2.05) is 18.2 Å². The highest BCUT2D eigenvalue weighted by Crippen LogP contribution is 1.97. The second kappa shape index (κ2) is 2.06. The van der Waals surface area contributed by atoms with Gasteiger partial charge >= 0.3 is 0 Å². The molecule has 4 nitrogen and oxygen atoms in total. The van der Waals surface area contributed by atoms with Gasteiger partial charge in [-0.25, -0.2) is 4.52 Å². The lowest BCUT2D eigenvalue weighted by molar-refractivity contribution is 0.949. The SMILES string of the molecule is N#Cc1nc2ccccn2n1. The Balaban J connectivity index is 2.81. The van der Waals surface area contributed by atoms with Crippen molar-refractivity contribution in [2.24, 2.45) is 0 Å². The second-order valence-electron chi connectivity index (χ2n) is 2.05. The van der Waals surface area contributed by atoms with Crippen LogP contribution in [0, 0.1) is 11.3 Å². The first kappa shape index (κ1) is 5.86. The second-order valence-corrected chi connectivity index (χ2v) is 2.05. The molecule has 0 bridgehead atoms. The predicted molar refractivity (Wildman–Crippen MR) is 37.7 cm³/mol. The van der Waals surface area contributed by atoms with Crippen molar-refractivity contribution in [2.75, 3.05) is 0 Å². The molecule has 0 radical (unpaired) electrons. The summed E-state index contributed by atoms with van der Waals surface area (Å²) in [5, 5.41) is 12.3. The van der Waals surface area contributed by atoms with E-state index in [-0.39, 0.29) is 5.82 Å². The molecule has 11 heavy (non-hydrogen) atoms. The largest absolute Gasteiger partial charge is 0.253 e. The van der Waals surface area contributed by atoms with Crippen molar-refractivity contribution in [1.29, 1.82) is 5.26 Å². The summed E-state index contributed by atoms with van der Waals surface area (Å²) in [5.41, 5.74) is 0.698. The summed E-state index contributed by atoms with van der Waals surface area (Å²) >= 11 is 0. The minimum atomic E-state index is 0.205. The van der Waals surface area contributed by atoms with Crippen molar-refractivity contribution in [2.45, 2.75) is 0 Å². The van der Waals surface area contributed by atoms with Crippen LogP contribution in [0.4, 0.5) is 0 Å². The number of hydrogen-bond donors (Lipinski definition) is 0. The van der Waals surface area contributed by atoms with Gasteiger partial charge in [0, 0.05) is 6.20 Å². The van der Waals surface area contributed by atoms with Crippen molar-refractivity contribution < 1.29 is 0 Å². The summed E-state index contributed by atoms with van der Waals surface area (Å²) in [7, 11) is 0. The van der Waals surface area contributed by atoms with E-state index >= 15 is 0 Å². The fraction of sp³-hybridized carbons (Fsp3) is 0. The molecule has 0 unspecified atom stereocenters. The first-order valence-electron chi connectivity index (χ1n) is 3.11. The molecule has 0 atom stereocenters. The van der Waals surface area contributed by atoms with Crippen LogP contribution >= 0.6 is 0 Å². The fourth-order valence-electron chi connectivity index (χ4n) is 0.879. The zero-order valence-corrected chi connectivity index (χ0v) is 5.60. The van der Waals surface area contributed by atoms with E-state index in [0.29, 0.717) is 5.65 Å². The Morgan fingerprint density at radius 2 is 2.36 bits per heavy atom. The maximum atomic E-state index is 8.45. The van der Waals surface area contributed by atoms with E-state index in [2.05, 4.69) is 10.1 Å². The predicted octanol–water partition coefficient (Wildman–Crippen LogP) is 0.601. The van der Waals surface area contributed by atoms with E-state index in [0.717, 1.165) is 0 Å². The number of aromatic nitrogens is 3. The molecule has 0 aliphatic rings. The van der Waals surface area contributed by atoms with Crippen LogP contribution in [0.2, 0.25) is 0 Å². The van der Waals surface area contributed by atoms with Crippen LogP contribution in [-0.4, -0.2) is 14.6 Å². The highest BCUT2D eigenvalue weighted by molar-refractivity contribution is 5.38. The molecule has 2 heterocycles. The van der Waals surface area contributed by atoms with Gasteiger partial charge in [0.2, 0.25) is 0 Å². The maximum absolute atomic E-state index is 8.45. The lowest BCUT2D eigenvalue weighted by Gasteiger charge is -1.84. The average Bonchev–Trinajstić information content (AvgIpc) is 2.46. The van der Waals surface area contributed by atoms with Gasteiger partial charge in [-0.2, -0.15) is 10.2 Å². The topological polar surface area (TPSA) is 54.0 Å². The lowest BCUT2D eigenvalue weighted by atomic mass is 10.5. The third kappa shape index (κ3) is 0.829. The molecule has 0 amide bonds. The van der Waals surface area contributed by atoms with Gasteiger partial charge < -0.3 is 0 Å². The van der Waals surface area contributed by atoms with Crippen LogP contribution in [0.15, 0.2) is 24.4 Å². The van der Waals surface area contributed by atoms with Crippen LogP contribution in [0.25, 0.3) is 5.65 Å². The Bertz CT molecular complexity index is 390. The van der Waals surface area contributed by atoms with E-state index in [9.17, 15) is 0 Å². The third-order valence-electron chi connectivity index (χ3n) is 1.34. The number of pyridine rings is 1. The fourth-order valence-corrected chi connectivity index (χ4v) is 0.879. The number of rotatable bonds is 0. The summed E-state index contributed by atoms with van der Waals surface area (Å²) in [6, 6.07) is 7.36. The zero-order valence-electron chi connectivity index (χ0n) is 5.60. The van der Waals surface area contributed by atoms with Gasteiger partial charge in [-0.3, -0.25) is 0 Å². The van der Waals surface area contributed by atoms with Gasteiger partial charge in [0.25, 0.3) is 5.82 Å².